The second-order valence-corrected chi connectivity index (χ2v) is 9.47. The summed E-state index contributed by atoms with van der Waals surface area (Å²) in [6, 6.07) is 11.9. The van der Waals surface area contributed by atoms with E-state index in [2.05, 4.69) is 4.74 Å². The minimum atomic E-state index is -2.94. The molecule has 2 aromatic rings. The standard InChI is InChI=1S/C26H31F2NO6/c1-26(2,3)35-25(32)29-19(15-16-5-7-18(8-6-16)23(31)33-4)11-14-21(29)22(30)17-9-12-20(13-10-17)34-24(27)28/h5-10,12-13,19,21-22,24,30H,11,14-15H2,1-4H3. The van der Waals surface area contributed by atoms with Crippen molar-refractivity contribution in [3.05, 3.63) is 65.2 Å². The van der Waals surface area contributed by atoms with Crippen LogP contribution in [0, 0.1) is 0 Å². The number of amides is 1. The Balaban J connectivity index is 1.81. The van der Waals surface area contributed by atoms with Gasteiger partial charge in [0.05, 0.1) is 24.8 Å². The fourth-order valence-electron chi connectivity index (χ4n) is 4.26. The van der Waals surface area contributed by atoms with Gasteiger partial charge in [0.2, 0.25) is 0 Å². The molecule has 0 spiro atoms. The minimum absolute atomic E-state index is 0.0142. The number of halogens is 2. The number of carbonyl (C=O) groups excluding carboxylic acids is 2. The number of aliphatic hydroxyl groups excluding tert-OH is 1. The van der Waals surface area contributed by atoms with Gasteiger partial charge < -0.3 is 19.3 Å². The van der Waals surface area contributed by atoms with Gasteiger partial charge in [0.25, 0.3) is 0 Å². The van der Waals surface area contributed by atoms with E-state index in [9.17, 15) is 23.5 Å². The number of aliphatic hydroxyl groups is 1. The highest BCUT2D eigenvalue weighted by Gasteiger charge is 2.43. The molecular weight excluding hydrogens is 460 g/mol. The van der Waals surface area contributed by atoms with Gasteiger partial charge in [0, 0.05) is 6.04 Å². The number of alkyl halides is 2. The molecule has 0 aromatic heterocycles. The van der Waals surface area contributed by atoms with Crippen LogP contribution >= 0.6 is 0 Å². The van der Waals surface area contributed by atoms with Crippen LogP contribution in [0.3, 0.4) is 0 Å². The van der Waals surface area contributed by atoms with Gasteiger partial charge in [-0.25, -0.2) is 9.59 Å². The van der Waals surface area contributed by atoms with Crippen LogP contribution in [0.2, 0.25) is 0 Å². The van der Waals surface area contributed by atoms with E-state index in [1.54, 1.807) is 37.8 Å². The maximum atomic E-state index is 13.2. The summed E-state index contributed by atoms with van der Waals surface area (Å²) in [5.41, 5.74) is 1.10. The SMILES string of the molecule is COC(=O)c1ccc(CC2CCC(C(O)c3ccc(OC(F)F)cc3)N2C(=O)OC(C)(C)C)cc1. The molecule has 3 unspecified atom stereocenters. The summed E-state index contributed by atoms with van der Waals surface area (Å²) in [4.78, 5) is 26.5. The predicted molar refractivity (Wildman–Crippen MR) is 124 cm³/mol. The van der Waals surface area contributed by atoms with Crippen LogP contribution in [-0.4, -0.2) is 53.5 Å². The zero-order valence-corrected chi connectivity index (χ0v) is 20.2. The lowest BCUT2D eigenvalue weighted by atomic mass is 10.00. The largest absolute Gasteiger partial charge is 0.465 e. The lowest BCUT2D eigenvalue weighted by Gasteiger charge is -2.35. The quantitative estimate of drug-likeness (QED) is 0.542. The molecule has 1 heterocycles. The summed E-state index contributed by atoms with van der Waals surface area (Å²) in [5, 5.41) is 11.1. The number of likely N-dealkylation sites (tertiary alicyclic amines) is 1. The number of nitrogens with zero attached hydrogens (tertiary/aromatic N) is 1. The molecule has 3 rings (SSSR count). The predicted octanol–water partition coefficient (Wildman–Crippen LogP) is 5.12. The van der Waals surface area contributed by atoms with Crippen molar-refractivity contribution < 1.29 is 37.7 Å². The van der Waals surface area contributed by atoms with Crippen molar-refractivity contribution in [3.8, 4) is 5.75 Å². The molecule has 1 aliphatic heterocycles. The molecular formula is C26H31F2NO6. The van der Waals surface area contributed by atoms with Crippen LogP contribution in [0.15, 0.2) is 48.5 Å². The third-order valence-electron chi connectivity index (χ3n) is 5.81. The number of hydrogen-bond acceptors (Lipinski definition) is 6. The second kappa shape index (κ2) is 11.0. The molecule has 1 aliphatic rings. The number of carbonyl (C=O) groups is 2. The summed E-state index contributed by atoms with van der Waals surface area (Å²) in [6.07, 6.45) is 0.0838. The number of hydrogen-bond donors (Lipinski definition) is 1. The Morgan fingerprint density at radius 3 is 2.23 bits per heavy atom. The first kappa shape index (κ1) is 26.4. The van der Waals surface area contributed by atoms with E-state index in [-0.39, 0.29) is 11.8 Å². The van der Waals surface area contributed by atoms with Crippen molar-refractivity contribution in [1.29, 1.82) is 0 Å². The smallest absolute Gasteiger partial charge is 0.410 e. The van der Waals surface area contributed by atoms with Crippen LogP contribution < -0.4 is 4.74 Å². The Labute approximate surface area is 203 Å². The Bertz CT molecular complexity index is 1000. The normalized spacial score (nSPS) is 18.9. The molecule has 7 nitrogen and oxygen atoms in total. The molecule has 190 valence electrons. The molecule has 1 amide bonds. The molecule has 0 saturated carbocycles. The third kappa shape index (κ3) is 6.91. The molecule has 1 fully saturated rings. The average molecular weight is 492 g/mol. The van der Waals surface area contributed by atoms with E-state index >= 15 is 0 Å². The number of esters is 1. The van der Waals surface area contributed by atoms with E-state index in [4.69, 9.17) is 9.47 Å². The van der Waals surface area contributed by atoms with E-state index in [1.807, 2.05) is 12.1 Å². The van der Waals surface area contributed by atoms with Gasteiger partial charge in [0.1, 0.15) is 11.4 Å². The molecule has 35 heavy (non-hydrogen) atoms. The summed E-state index contributed by atoms with van der Waals surface area (Å²) < 4.78 is 39.7. The summed E-state index contributed by atoms with van der Waals surface area (Å²) in [7, 11) is 1.32. The second-order valence-electron chi connectivity index (χ2n) is 9.47. The first-order chi connectivity index (χ1) is 16.5. The van der Waals surface area contributed by atoms with Crippen molar-refractivity contribution in [2.24, 2.45) is 0 Å². The molecule has 0 radical (unpaired) electrons. The number of benzene rings is 2. The first-order valence-electron chi connectivity index (χ1n) is 11.4. The van der Waals surface area contributed by atoms with Crippen molar-refractivity contribution >= 4 is 12.1 Å². The van der Waals surface area contributed by atoms with Crippen LogP contribution in [0.4, 0.5) is 13.6 Å². The lowest BCUT2D eigenvalue weighted by Crippen LogP contribution is -2.47. The average Bonchev–Trinajstić information content (AvgIpc) is 3.21. The Morgan fingerprint density at radius 1 is 1.06 bits per heavy atom. The minimum Gasteiger partial charge on any atom is -0.465 e. The Morgan fingerprint density at radius 2 is 1.69 bits per heavy atom. The summed E-state index contributed by atoms with van der Waals surface area (Å²) >= 11 is 0. The summed E-state index contributed by atoms with van der Waals surface area (Å²) in [6.45, 7) is 2.38. The zero-order chi connectivity index (χ0) is 25.8. The monoisotopic (exact) mass is 491 g/mol. The van der Waals surface area contributed by atoms with Crippen LogP contribution in [0.25, 0.3) is 0 Å². The van der Waals surface area contributed by atoms with Crippen molar-refractivity contribution in [2.75, 3.05) is 7.11 Å². The van der Waals surface area contributed by atoms with Crippen LogP contribution in [0.5, 0.6) is 5.75 Å². The molecule has 1 N–H and O–H groups in total. The third-order valence-corrected chi connectivity index (χ3v) is 5.81. The van der Waals surface area contributed by atoms with Gasteiger partial charge in [-0.3, -0.25) is 4.90 Å². The van der Waals surface area contributed by atoms with Gasteiger partial charge in [-0.15, -0.1) is 0 Å². The molecule has 0 aliphatic carbocycles. The maximum absolute atomic E-state index is 13.2. The molecule has 3 atom stereocenters. The fraction of sp³-hybridized carbons (Fsp3) is 0.462. The van der Waals surface area contributed by atoms with E-state index in [0.29, 0.717) is 30.4 Å². The van der Waals surface area contributed by atoms with Crippen LogP contribution in [0.1, 0.15) is 61.2 Å². The molecule has 2 aromatic carbocycles. The molecule has 9 heteroatoms. The van der Waals surface area contributed by atoms with Crippen LogP contribution in [-0.2, 0) is 15.9 Å². The highest BCUT2D eigenvalue weighted by atomic mass is 19.3. The lowest BCUT2D eigenvalue weighted by molar-refractivity contribution is -0.0499. The number of rotatable bonds is 7. The molecule has 0 bridgehead atoms. The van der Waals surface area contributed by atoms with E-state index in [0.717, 1.165) is 5.56 Å². The topological polar surface area (TPSA) is 85.3 Å². The number of ether oxygens (including phenoxy) is 3. The van der Waals surface area contributed by atoms with Gasteiger partial charge in [-0.05, 0) is 75.4 Å². The fourth-order valence-corrected chi connectivity index (χ4v) is 4.26. The number of methoxy groups -OCH3 is 1. The Kier molecular flexibility index (Phi) is 8.32. The van der Waals surface area contributed by atoms with Gasteiger partial charge >= 0.3 is 18.7 Å². The van der Waals surface area contributed by atoms with Crippen molar-refractivity contribution in [3.63, 3.8) is 0 Å². The van der Waals surface area contributed by atoms with Crippen molar-refractivity contribution in [2.45, 2.75) is 70.4 Å². The van der Waals surface area contributed by atoms with Gasteiger partial charge in [-0.1, -0.05) is 24.3 Å². The summed E-state index contributed by atoms with van der Waals surface area (Å²) in [5.74, 6) is -0.444. The van der Waals surface area contributed by atoms with Crippen molar-refractivity contribution in [1.82, 2.24) is 4.90 Å². The highest BCUT2D eigenvalue weighted by Crippen LogP contribution is 2.36. The van der Waals surface area contributed by atoms with Gasteiger partial charge in [0.15, 0.2) is 0 Å². The first-order valence-corrected chi connectivity index (χ1v) is 11.4. The molecule has 1 saturated heterocycles. The Hall–Kier alpha value is -3.20. The van der Waals surface area contributed by atoms with E-state index < -0.39 is 36.4 Å². The van der Waals surface area contributed by atoms with Gasteiger partial charge in [-0.2, -0.15) is 8.78 Å². The zero-order valence-electron chi connectivity index (χ0n) is 20.2. The van der Waals surface area contributed by atoms with E-state index in [1.165, 1.54) is 31.4 Å². The highest BCUT2D eigenvalue weighted by molar-refractivity contribution is 5.89. The maximum Gasteiger partial charge on any atom is 0.410 e.